The van der Waals surface area contributed by atoms with Crippen molar-refractivity contribution >= 4 is 46.0 Å². The molecule has 1 aliphatic heterocycles. The highest BCUT2D eigenvalue weighted by molar-refractivity contribution is 8.15. The van der Waals surface area contributed by atoms with E-state index in [9.17, 15) is 18.8 Å². The van der Waals surface area contributed by atoms with Crippen molar-refractivity contribution in [1.82, 2.24) is 10.4 Å². The molecule has 1 heterocycles. The summed E-state index contributed by atoms with van der Waals surface area (Å²) in [5, 5.41) is 3.10. The minimum Gasteiger partial charge on any atom is -0.497 e. The molecule has 8 nitrogen and oxygen atoms in total. The SMILES string of the molecule is COc1ccc(NC(=O)[C@@H]2CC(=O)N(NC(=O)c3ccccc3)C(=Nc3ccc(F)cc3)S2)cc1. The van der Waals surface area contributed by atoms with Crippen molar-refractivity contribution in [3.05, 3.63) is 90.2 Å². The van der Waals surface area contributed by atoms with Crippen molar-refractivity contribution in [3.63, 3.8) is 0 Å². The van der Waals surface area contributed by atoms with Gasteiger partial charge >= 0.3 is 0 Å². The number of amides is 3. The first kappa shape index (κ1) is 24.0. The molecule has 4 rings (SSSR count). The lowest BCUT2D eigenvalue weighted by molar-refractivity contribution is -0.130. The molecule has 3 aromatic carbocycles. The Hall–Kier alpha value is -4.18. The van der Waals surface area contributed by atoms with E-state index in [-0.39, 0.29) is 11.6 Å². The van der Waals surface area contributed by atoms with Crippen molar-refractivity contribution in [2.45, 2.75) is 11.7 Å². The van der Waals surface area contributed by atoms with Crippen LogP contribution in [-0.4, -0.2) is 40.3 Å². The van der Waals surface area contributed by atoms with E-state index in [0.717, 1.165) is 16.8 Å². The van der Waals surface area contributed by atoms with Crippen molar-refractivity contribution in [3.8, 4) is 5.75 Å². The minimum atomic E-state index is -0.798. The molecule has 178 valence electrons. The van der Waals surface area contributed by atoms with Crippen molar-refractivity contribution in [2.75, 3.05) is 12.4 Å². The molecule has 0 unspecified atom stereocenters. The Bertz CT molecular complexity index is 1250. The van der Waals surface area contributed by atoms with E-state index in [4.69, 9.17) is 4.74 Å². The Morgan fingerprint density at radius 3 is 2.37 bits per heavy atom. The van der Waals surface area contributed by atoms with Crippen LogP contribution < -0.4 is 15.5 Å². The van der Waals surface area contributed by atoms with Crippen LogP contribution >= 0.6 is 11.8 Å². The molecule has 3 amide bonds. The Balaban J connectivity index is 1.57. The molecule has 35 heavy (non-hydrogen) atoms. The molecule has 3 aromatic rings. The standard InChI is InChI=1S/C25H21FN4O4S/c1-34-20-13-11-18(12-14-20)27-24(33)21-15-22(31)30(29-23(32)16-5-3-2-4-6-16)25(35-21)28-19-9-7-17(26)8-10-19/h2-14,21H,15H2,1H3,(H,27,33)(H,29,32)/t21-/m0/s1. The molecule has 0 aromatic heterocycles. The summed E-state index contributed by atoms with van der Waals surface area (Å²) in [6.45, 7) is 0. The van der Waals surface area contributed by atoms with Crippen LogP contribution in [0.1, 0.15) is 16.8 Å². The highest BCUT2D eigenvalue weighted by Gasteiger charge is 2.37. The van der Waals surface area contributed by atoms with Crippen LogP contribution in [-0.2, 0) is 9.59 Å². The average Bonchev–Trinajstić information content (AvgIpc) is 2.88. The van der Waals surface area contributed by atoms with Crippen LogP contribution in [0, 0.1) is 5.82 Å². The van der Waals surface area contributed by atoms with Gasteiger partial charge in [-0.15, -0.1) is 0 Å². The second-order valence-corrected chi connectivity index (χ2v) is 8.61. The summed E-state index contributed by atoms with van der Waals surface area (Å²) in [6, 6.07) is 20.5. The molecule has 0 aliphatic carbocycles. The summed E-state index contributed by atoms with van der Waals surface area (Å²) in [5.74, 6) is -1.21. The molecular weight excluding hydrogens is 471 g/mol. The zero-order chi connectivity index (χ0) is 24.8. The highest BCUT2D eigenvalue weighted by Crippen LogP contribution is 2.29. The van der Waals surface area contributed by atoms with Gasteiger partial charge in [-0.1, -0.05) is 30.0 Å². The van der Waals surface area contributed by atoms with Gasteiger partial charge in [0, 0.05) is 11.3 Å². The number of hydrogen-bond donors (Lipinski definition) is 2. The van der Waals surface area contributed by atoms with Crippen LogP contribution in [0.15, 0.2) is 83.9 Å². The fourth-order valence-electron chi connectivity index (χ4n) is 3.19. The van der Waals surface area contributed by atoms with E-state index in [1.165, 1.54) is 24.3 Å². The monoisotopic (exact) mass is 492 g/mol. The van der Waals surface area contributed by atoms with Crippen LogP contribution in [0.3, 0.4) is 0 Å². The Morgan fingerprint density at radius 2 is 1.71 bits per heavy atom. The molecule has 0 spiro atoms. The molecule has 10 heteroatoms. The zero-order valence-corrected chi connectivity index (χ0v) is 19.4. The quantitative estimate of drug-likeness (QED) is 0.539. The summed E-state index contributed by atoms with van der Waals surface area (Å²) >= 11 is 1.02. The average molecular weight is 493 g/mol. The smallest absolute Gasteiger partial charge is 0.270 e. The maximum absolute atomic E-state index is 13.4. The number of amidine groups is 1. The molecule has 1 fully saturated rings. The maximum atomic E-state index is 13.4. The number of halogens is 1. The van der Waals surface area contributed by atoms with Gasteiger partial charge in [-0.2, -0.15) is 5.01 Å². The topological polar surface area (TPSA) is 100 Å². The van der Waals surface area contributed by atoms with Crippen molar-refractivity contribution in [1.29, 1.82) is 0 Å². The zero-order valence-electron chi connectivity index (χ0n) is 18.6. The third-order valence-corrected chi connectivity index (χ3v) is 6.15. The van der Waals surface area contributed by atoms with Crippen LogP contribution in [0.4, 0.5) is 15.8 Å². The number of ether oxygens (including phenoxy) is 1. The van der Waals surface area contributed by atoms with E-state index < -0.39 is 28.8 Å². The number of aliphatic imine (C=N–C) groups is 1. The molecule has 0 saturated carbocycles. The Morgan fingerprint density at radius 1 is 1.03 bits per heavy atom. The predicted octanol–water partition coefficient (Wildman–Crippen LogP) is 4.14. The highest BCUT2D eigenvalue weighted by atomic mass is 32.2. The molecule has 1 aliphatic rings. The molecule has 1 atom stereocenters. The van der Waals surface area contributed by atoms with Gasteiger partial charge in [-0.05, 0) is 60.7 Å². The van der Waals surface area contributed by atoms with Gasteiger partial charge in [0.05, 0.1) is 19.2 Å². The lowest BCUT2D eigenvalue weighted by Crippen LogP contribution is -2.53. The van der Waals surface area contributed by atoms with Gasteiger partial charge in [-0.3, -0.25) is 19.8 Å². The predicted molar refractivity (Wildman–Crippen MR) is 132 cm³/mol. The number of hydrazine groups is 1. The fraction of sp³-hybridized carbons (Fsp3) is 0.120. The van der Waals surface area contributed by atoms with Gasteiger partial charge < -0.3 is 10.1 Å². The molecular formula is C25H21FN4O4S. The summed E-state index contributed by atoms with van der Waals surface area (Å²) < 4.78 is 18.5. The third-order valence-electron chi connectivity index (χ3n) is 5.00. The molecule has 0 radical (unpaired) electrons. The Kier molecular flexibility index (Phi) is 7.41. The first-order chi connectivity index (χ1) is 16.9. The summed E-state index contributed by atoms with van der Waals surface area (Å²) in [7, 11) is 1.54. The maximum Gasteiger partial charge on any atom is 0.270 e. The summed E-state index contributed by atoms with van der Waals surface area (Å²) in [4.78, 5) is 43.1. The number of benzene rings is 3. The number of anilines is 1. The largest absolute Gasteiger partial charge is 0.497 e. The van der Waals surface area contributed by atoms with Gasteiger partial charge in [0.25, 0.3) is 5.91 Å². The van der Waals surface area contributed by atoms with Gasteiger partial charge in [-0.25, -0.2) is 9.38 Å². The van der Waals surface area contributed by atoms with Crippen molar-refractivity contribution in [2.24, 2.45) is 4.99 Å². The van der Waals surface area contributed by atoms with E-state index in [1.807, 2.05) is 0 Å². The fourth-order valence-corrected chi connectivity index (χ4v) is 4.25. The normalized spacial score (nSPS) is 16.6. The van der Waals surface area contributed by atoms with Crippen LogP contribution in [0.25, 0.3) is 0 Å². The van der Waals surface area contributed by atoms with Gasteiger partial charge in [0.2, 0.25) is 11.8 Å². The minimum absolute atomic E-state index is 0.0898. The number of thioether (sulfide) groups is 1. The van der Waals surface area contributed by atoms with E-state index in [0.29, 0.717) is 22.7 Å². The number of hydrogen-bond acceptors (Lipinski definition) is 6. The number of methoxy groups -OCH3 is 1. The number of nitrogens with zero attached hydrogens (tertiary/aromatic N) is 2. The molecule has 0 bridgehead atoms. The summed E-state index contributed by atoms with van der Waals surface area (Å²) in [6.07, 6.45) is -0.163. The number of nitrogens with one attached hydrogen (secondary N) is 2. The first-order valence-corrected chi connectivity index (χ1v) is 11.5. The first-order valence-electron chi connectivity index (χ1n) is 10.6. The van der Waals surface area contributed by atoms with E-state index in [2.05, 4.69) is 15.7 Å². The van der Waals surface area contributed by atoms with E-state index >= 15 is 0 Å². The van der Waals surface area contributed by atoms with Gasteiger partial charge in [0.15, 0.2) is 5.17 Å². The van der Waals surface area contributed by atoms with Crippen LogP contribution in [0.5, 0.6) is 5.75 Å². The summed E-state index contributed by atoms with van der Waals surface area (Å²) in [5.41, 5.74) is 3.82. The lowest BCUT2D eigenvalue weighted by Gasteiger charge is -2.31. The second-order valence-electron chi connectivity index (χ2n) is 7.44. The van der Waals surface area contributed by atoms with Crippen LogP contribution in [0.2, 0.25) is 0 Å². The number of carbonyl (C=O) groups excluding carboxylic acids is 3. The number of rotatable bonds is 6. The second kappa shape index (κ2) is 10.8. The molecule has 2 N–H and O–H groups in total. The number of carbonyl (C=O) groups is 3. The lowest BCUT2D eigenvalue weighted by atomic mass is 10.2. The Labute approximate surface area is 205 Å². The van der Waals surface area contributed by atoms with E-state index in [1.54, 1.807) is 61.7 Å². The van der Waals surface area contributed by atoms with Crippen molar-refractivity contribution < 1.29 is 23.5 Å². The third kappa shape index (κ3) is 6.04. The molecule has 1 saturated heterocycles. The van der Waals surface area contributed by atoms with Gasteiger partial charge in [0.1, 0.15) is 16.8 Å².